The van der Waals surface area contributed by atoms with Gasteiger partial charge in [0.15, 0.2) is 0 Å². The van der Waals surface area contributed by atoms with Gasteiger partial charge < -0.3 is 0 Å². The molecule has 0 saturated carbocycles. The Labute approximate surface area is 139 Å². The van der Waals surface area contributed by atoms with Crippen LogP contribution < -0.4 is 0 Å². The number of nitrogens with zero attached hydrogens (tertiary/aromatic N) is 1. The minimum Gasteiger partial charge on any atom is -0.248 e. The Balaban J connectivity index is 2.33. The SMILES string of the molecule is Clc1cc(Cl)c2c(Cl)cc(-c3ccccc3Br)nc2c1. The van der Waals surface area contributed by atoms with Crippen molar-refractivity contribution in [2.75, 3.05) is 0 Å². The van der Waals surface area contributed by atoms with Gasteiger partial charge in [-0.2, -0.15) is 0 Å². The van der Waals surface area contributed by atoms with E-state index in [0.29, 0.717) is 26.0 Å². The normalized spacial score (nSPS) is 11.0. The van der Waals surface area contributed by atoms with Crippen molar-refractivity contribution < 1.29 is 0 Å². The zero-order chi connectivity index (χ0) is 14.3. The first-order chi connectivity index (χ1) is 9.56. The molecule has 100 valence electrons. The van der Waals surface area contributed by atoms with E-state index in [0.717, 1.165) is 15.7 Å². The summed E-state index contributed by atoms with van der Waals surface area (Å²) in [6.45, 7) is 0. The van der Waals surface area contributed by atoms with E-state index in [1.807, 2.05) is 30.3 Å². The molecular weight excluding hydrogens is 380 g/mol. The van der Waals surface area contributed by atoms with E-state index in [1.54, 1.807) is 12.1 Å². The smallest absolute Gasteiger partial charge is 0.0754 e. The molecule has 0 aliphatic carbocycles. The Morgan fingerprint density at radius 2 is 1.60 bits per heavy atom. The lowest BCUT2D eigenvalue weighted by Gasteiger charge is -2.09. The van der Waals surface area contributed by atoms with Gasteiger partial charge in [-0.1, -0.05) is 68.9 Å². The van der Waals surface area contributed by atoms with Gasteiger partial charge in [-0.3, -0.25) is 0 Å². The summed E-state index contributed by atoms with van der Waals surface area (Å²) in [5.74, 6) is 0. The highest BCUT2D eigenvalue weighted by Gasteiger charge is 2.11. The van der Waals surface area contributed by atoms with Gasteiger partial charge in [0.25, 0.3) is 0 Å². The molecular formula is C15H7BrCl3N. The molecule has 0 fully saturated rings. The van der Waals surface area contributed by atoms with Gasteiger partial charge in [0, 0.05) is 20.4 Å². The van der Waals surface area contributed by atoms with E-state index < -0.39 is 0 Å². The molecule has 0 atom stereocenters. The Bertz CT molecular complexity index is 818. The van der Waals surface area contributed by atoms with Crippen LogP contribution in [0.4, 0.5) is 0 Å². The second-order valence-corrected chi connectivity index (χ2v) is 6.36. The molecule has 5 heteroatoms. The standard InChI is InChI=1S/C15H7BrCl3N/c16-10-4-2-1-3-9(10)13-7-12(19)15-11(18)5-8(17)6-14(15)20-13/h1-7H. The fourth-order valence-corrected chi connectivity index (χ4v) is 3.47. The van der Waals surface area contributed by atoms with Crippen LogP contribution in [0.2, 0.25) is 15.1 Å². The van der Waals surface area contributed by atoms with Crippen molar-refractivity contribution in [3.8, 4) is 11.3 Å². The number of aromatic nitrogens is 1. The zero-order valence-corrected chi connectivity index (χ0v) is 13.9. The van der Waals surface area contributed by atoms with Crippen molar-refractivity contribution in [2.24, 2.45) is 0 Å². The van der Waals surface area contributed by atoms with Crippen molar-refractivity contribution in [2.45, 2.75) is 0 Å². The van der Waals surface area contributed by atoms with Crippen LogP contribution in [0.25, 0.3) is 22.2 Å². The molecule has 1 nitrogen and oxygen atoms in total. The number of hydrogen-bond acceptors (Lipinski definition) is 1. The maximum Gasteiger partial charge on any atom is 0.0754 e. The predicted molar refractivity (Wildman–Crippen MR) is 89.9 cm³/mol. The number of rotatable bonds is 1. The van der Waals surface area contributed by atoms with Crippen LogP contribution in [-0.2, 0) is 0 Å². The first kappa shape index (κ1) is 14.2. The Hall–Kier alpha value is -0.800. The third kappa shape index (κ3) is 2.53. The van der Waals surface area contributed by atoms with E-state index in [4.69, 9.17) is 34.8 Å². The molecule has 0 N–H and O–H groups in total. The summed E-state index contributed by atoms with van der Waals surface area (Å²) in [5, 5.41) is 2.31. The molecule has 0 saturated heterocycles. The lowest BCUT2D eigenvalue weighted by atomic mass is 10.1. The highest BCUT2D eigenvalue weighted by Crippen LogP contribution is 2.36. The number of benzene rings is 2. The number of pyridine rings is 1. The molecule has 0 aliphatic rings. The zero-order valence-electron chi connectivity index (χ0n) is 10.0. The molecule has 3 aromatic rings. The monoisotopic (exact) mass is 385 g/mol. The van der Waals surface area contributed by atoms with Gasteiger partial charge in [-0.15, -0.1) is 0 Å². The molecule has 3 rings (SSSR count). The molecule has 20 heavy (non-hydrogen) atoms. The summed E-state index contributed by atoms with van der Waals surface area (Å²) in [6.07, 6.45) is 0. The summed E-state index contributed by atoms with van der Waals surface area (Å²) >= 11 is 22.1. The fraction of sp³-hybridized carbons (Fsp3) is 0. The third-order valence-electron chi connectivity index (χ3n) is 2.93. The van der Waals surface area contributed by atoms with E-state index in [2.05, 4.69) is 20.9 Å². The quantitative estimate of drug-likeness (QED) is 0.457. The molecule has 0 amide bonds. The summed E-state index contributed by atoms with van der Waals surface area (Å²) in [5.41, 5.74) is 2.42. The van der Waals surface area contributed by atoms with Crippen molar-refractivity contribution in [3.05, 3.63) is 62.0 Å². The summed E-state index contributed by atoms with van der Waals surface area (Å²) in [6, 6.07) is 13.1. The van der Waals surface area contributed by atoms with Crippen LogP contribution >= 0.6 is 50.7 Å². The number of halogens is 4. The maximum absolute atomic E-state index is 6.34. The molecule has 0 aliphatic heterocycles. The van der Waals surface area contributed by atoms with Crippen LogP contribution in [0.3, 0.4) is 0 Å². The highest BCUT2D eigenvalue weighted by atomic mass is 79.9. The Kier molecular flexibility index (Phi) is 3.91. The predicted octanol–water partition coefficient (Wildman–Crippen LogP) is 6.62. The topological polar surface area (TPSA) is 12.9 Å². The lowest BCUT2D eigenvalue weighted by molar-refractivity contribution is 1.39. The second kappa shape index (κ2) is 5.53. The Morgan fingerprint density at radius 3 is 2.35 bits per heavy atom. The molecule has 1 aromatic heterocycles. The van der Waals surface area contributed by atoms with Gasteiger partial charge in [0.05, 0.1) is 21.3 Å². The first-order valence-electron chi connectivity index (χ1n) is 5.76. The van der Waals surface area contributed by atoms with Gasteiger partial charge in [-0.25, -0.2) is 4.98 Å². The summed E-state index contributed by atoms with van der Waals surface area (Å²) < 4.78 is 0.955. The second-order valence-electron chi connectivity index (χ2n) is 4.25. The van der Waals surface area contributed by atoms with Crippen LogP contribution in [0.1, 0.15) is 0 Å². The van der Waals surface area contributed by atoms with Crippen LogP contribution in [0.15, 0.2) is 46.9 Å². The van der Waals surface area contributed by atoms with Gasteiger partial charge in [-0.05, 0) is 24.3 Å². The van der Waals surface area contributed by atoms with Gasteiger partial charge >= 0.3 is 0 Å². The minimum atomic E-state index is 0.503. The molecule has 0 unspecified atom stereocenters. The average molecular weight is 387 g/mol. The third-order valence-corrected chi connectivity index (χ3v) is 4.43. The van der Waals surface area contributed by atoms with E-state index >= 15 is 0 Å². The average Bonchev–Trinajstić information content (AvgIpc) is 2.37. The Morgan fingerprint density at radius 1 is 0.900 bits per heavy atom. The molecule has 2 aromatic carbocycles. The lowest BCUT2D eigenvalue weighted by Crippen LogP contribution is -1.88. The molecule has 0 radical (unpaired) electrons. The van der Waals surface area contributed by atoms with Crippen molar-refractivity contribution in [1.29, 1.82) is 0 Å². The molecule has 1 heterocycles. The van der Waals surface area contributed by atoms with Crippen LogP contribution in [0.5, 0.6) is 0 Å². The summed E-state index contributed by atoms with van der Waals surface area (Å²) in [4.78, 5) is 4.61. The fourth-order valence-electron chi connectivity index (χ4n) is 2.05. The molecule has 0 bridgehead atoms. The van der Waals surface area contributed by atoms with E-state index in [-0.39, 0.29) is 0 Å². The van der Waals surface area contributed by atoms with Gasteiger partial charge in [0.1, 0.15) is 0 Å². The maximum atomic E-state index is 6.34. The van der Waals surface area contributed by atoms with Crippen LogP contribution in [-0.4, -0.2) is 4.98 Å². The largest absolute Gasteiger partial charge is 0.248 e. The number of fused-ring (bicyclic) bond motifs is 1. The van der Waals surface area contributed by atoms with Crippen molar-refractivity contribution in [1.82, 2.24) is 4.98 Å². The first-order valence-corrected chi connectivity index (χ1v) is 7.69. The highest BCUT2D eigenvalue weighted by molar-refractivity contribution is 9.10. The number of hydrogen-bond donors (Lipinski definition) is 0. The van der Waals surface area contributed by atoms with Crippen LogP contribution in [0, 0.1) is 0 Å². The van der Waals surface area contributed by atoms with E-state index in [1.165, 1.54) is 0 Å². The van der Waals surface area contributed by atoms with Crippen molar-refractivity contribution >= 4 is 61.6 Å². The van der Waals surface area contributed by atoms with Crippen molar-refractivity contribution in [3.63, 3.8) is 0 Å². The minimum absolute atomic E-state index is 0.503. The molecule has 0 spiro atoms. The van der Waals surface area contributed by atoms with E-state index in [9.17, 15) is 0 Å². The summed E-state index contributed by atoms with van der Waals surface area (Å²) in [7, 11) is 0. The van der Waals surface area contributed by atoms with Gasteiger partial charge in [0.2, 0.25) is 0 Å².